The number of nitrogens with zero attached hydrogens (tertiary/aromatic N) is 3. The number of likely N-dealkylation sites (tertiary alicyclic amines) is 1. The molecule has 1 saturated heterocycles. The van der Waals surface area contributed by atoms with Crippen molar-refractivity contribution in [2.75, 3.05) is 13.1 Å². The lowest BCUT2D eigenvalue weighted by molar-refractivity contribution is -0.133. The van der Waals surface area contributed by atoms with Gasteiger partial charge in [0.15, 0.2) is 0 Å². The number of carbonyl (C=O) groups is 1. The molecule has 1 aliphatic heterocycles. The van der Waals surface area contributed by atoms with E-state index in [1.54, 1.807) is 12.4 Å². The normalized spacial score (nSPS) is 20.4. The largest absolute Gasteiger partial charge is 0.437 e. The van der Waals surface area contributed by atoms with Gasteiger partial charge in [-0.1, -0.05) is 12.1 Å². The Morgan fingerprint density at radius 3 is 2.84 bits per heavy atom. The highest BCUT2D eigenvalue weighted by molar-refractivity contribution is 5.81. The van der Waals surface area contributed by atoms with E-state index in [1.807, 2.05) is 36.1 Å². The number of hydrogen-bond donors (Lipinski definition) is 0. The molecule has 0 spiro atoms. The van der Waals surface area contributed by atoms with Gasteiger partial charge in [0.1, 0.15) is 11.4 Å². The molecule has 1 aromatic heterocycles. The number of carbonyl (C=O) groups excluding carboxylic acids is 1. The summed E-state index contributed by atoms with van der Waals surface area (Å²) in [6, 6.07) is 7.92. The fraction of sp³-hybridized carbons (Fsp3) is 0.450. The summed E-state index contributed by atoms with van der Waals surface area (Å²) in [4.78, 5) is 23.4. The molecule has 1 aromatic carbocycles. The molecule has 1 amide bonds. The number of amides is 1. The summed E-state index contributed by atoms with van der Waals surface area (Å²) in [7, 11) is 0. The molecule has 4 rings (SSSR count). The van der Waals surface area contributed by atoms with Crippen LogP contribution in [0.5, 0.6) is 11.6 Å². The van der Waals surface area contributed by atoms with Crippen LogP contribution in [-0.4, -0.2) is 33.9 Å². The maximum absolute atomic E-state index is 12.4. The van der Waals surface area contributed by atoms with Crippen molar-refractivity contribution in [2.24, 2.45) is 5.92 Å². The fourth-order valence-corrected chi connectivity index (χ4v) is 3.47. The Kier molecular flexibility index (Phi) is 4.38. The Hall–Kier alpha value is -2.43. The number of piperidine rings is 1. The first-order valence-electron chi connectivity index (χ1n) is 9.05. The van der Waals surface area contributed by atoms with E-state index in [0.717, 1.165) is 55.8 Å². The summed E-state index contributed by atoms with van der Waals surface area (Å²) in [5.41, 5.74) is 2.00. The van der Waals surface area contributed by atoms with Gasteiger partial charge in [0.05, 0.1) is 0 Å². The average Bonchev–Trinajstić information content (AvgIpc) is 3.47. The molecule has 2 aromatic rings. The predicted molar refractivity (Wildman–Crippen MR) is 94.6 cm³/mol. The zero-order chi connectivity index (χ0) is 17.2. The monoisotopic (exact) mass is 337 g/mol. The van der Waals surface area contributed by atoms with Crippen molar-refractivity contribution in [3.63, 3.8) is 0 Å². The van der Waals surface area contributed by atoms with Crippen LogP contribution >= 0.6 is 0 Å². The van der Waals surface area contributed by atoms with Gasteiger partial charge in [-0.25, -0.2) is 4.98 Å². The van der Waals surface area contributed by atoms with Gasteiger partial charge in [-0.3, -0.25) is 9.78 Å². The van der Waals surface area contributed by atoms with Crippen LogP contribution in [0.2, 0.25) is 0 Å². The summed E-state index contributed by atoms with van der Waals surface area (Å²) in [6.45, 7) is 3.62. The standard InChI is InChI=1S/C20H23N3O2/c1-14-4-2-6-17(12-14)25-19-18(21-9-10-22-19)16-5-3-11-23(13-16)20(24)15-7-8-15/h2,4,6,9-10,12,15-16H,3,5,7-8,11,13H2,1H3. The van der Waals surface area contributed by atoms with E-state index in [1.165, 1.54) is 0 Å². The molecular weight excluding hydrogens is 314 g/mol. The van der Waals surface area contributed by atoms with E-state index < -0.39 is 0 Å². The number of ether oxygens (including phenoxy) is 1. The summed E-state index contributed by atoms with van der Waals surface area (Å²) < 4.78 is 6.02. The van der Waals surface area contributed by atoms with Gasteiger partial charge >= 0.3 is 0 Å². The summed E-state index contributed by atoms with van der Waals surface area (Å²) in [5.74, 6) is 2.09. The van der Waals surface area contributed by atoms with Crippen molar-refractivity contribution in [1.29, 1.82) is 0 Å². The van der Waals surface area contributed by atoms with Crippen molar-refractivity contribution < 1.29 is 9.53 Å². The Labute approximate surface area is 148 Å². The van der Waals surface area contributed by atoms with E-state index in [0.29, 0.717) is 11.8 Å². The van der Waals surface area contributed by atoms with E-state index in [9.17, 15) is 4.79 Å². The Morgan fingerprint density at radius 1 is 1.20 bits per heavy atom. The first-order chi connectivity index (χ1) is 12.2. The van der Waals surface area contributed by atoms with Crippen LogP contribution in [0, 0.1) is 12.8 Å². The van der Waals surface area contributed by atoms with E-state index in [-0.39, 0.29) is 11.8 Å². The highest BCUT2D eigenvalue weighted by Crippen LogP contribution is 2.36. The van der Waals surface area contributed by atoms with Crippen LogP contribution in [-0.2, 0) is 4.79 Å². The number of rotatable bonds is 4. The zero-order valence-corrected chi connectivity index (χ0v) is 14.5. The third-order valence-corrected chi connectivity index (χ3v) is 4.94. The minimum Gasteiger partial charge on any atom is -0.437 e. The van der Waals surface area contributed by atoms with Gasteiger partial charge in [-0.05, 0) is 50.3 Å². The number of benzene rings is 1. The van der Waals surface area contributed by atoms with Crippen LogP contribution in [0.3, 0.4) is 0 Å². The summed E-state index contributed by atoms with van der Waals surface area (Å²) in [5, 5.41) is 0. The van der Waals surface area contributed by atoms with E-state index in [4.69, 9.17) is 4.74 Å². The lowest BCUT2D eigenvalue weighted by Crippen LogP contribution is -2.40. The van der Waals surface area contributed by atoms with Crippen LogP contribution in [0.15, 0.2) is 36.7 Å². The highest BCUT2D eigenvalue weighted by Gasteiger charge is 2.36. The molecule has 2 fully saturated rings. The molecule has 1 saturated carbocycles. The van der Waals surface area contributed by atoms with Crippen molar-refractivity contribution in [1.82, 2.24) is 14.9 Å². The van der Waals surface area contributed by atoms with Crippen LogP contribution in [0.1, 0.15) is 42.9 Å². The lowest BCUT2D eigenvalue weighted by Gasteiger charge is -2.33. The van der Waals surface area contributed by atoms with Crippen molar-refractivity contribution in [2.45, 2.75) is 38.5 Å². The molecule has 2 aliphatic rings. The third-order valence-electron chi connectivity index (χ3n) is 4.94. The smallest absolute Gasteiger partial charge is 0.241 e. The first kappa shape index (κ1) is 16.1. The Morgan fingerprint density at radius 2 is 2.04 bits per heavy atom. The summed E-state index contributed by atoms with van der Waals surface area (Å²) >= 11 is 0. The molecule has 0 N–H and O–H groups in total. The first-order valence-corrected chi connectivity index (χ1v) is 9.05. The van der Waals surface area contributed by atoms with Crippen molar-refractivity contribution in [3.8, 4) is 11.6 Å². The van der Waals surface area contributed by atoms with Crippen LogP contribution in [0.4, 0.5) is 0 Å². The maximum Gasteiger partial charge on any atom is 0.241 e. The van der Waals surface area contributed by atoms with E-state index in [2.05, 4.69) is 9.97 Å². The Balaban J connectivity index is 1.54. The van der Waals surface area contributed by atoms with Crippen molar-refractivity contribution in [3.05, 3.63) is 47.9 Å². The van der Waals surface area contributed by atoms with Crippen LogP contribution in [0.25, 0.3) is 0 Å². The van der Waals surface area contributed by atoms with E-state index >= 15 is 0 Å². The SMILES string of the molecule is Cc1cccc(Oc2nccnc2C2CCCN(C(=O)C3CC3)C2)c1. The average molecular weight is 337 g/mol. The highest BCUT2D eigenvalue weighted by atomic mass is 16.5. The van der Waals surface area contributed by atoms with Gasteiger partial charge in [0.25, 0.3) is 0 Å². The van der Waals surface area contributed by atoms with Gasteiger partial charge in [0, 0.05) is 37.3 Å². The molecular formula is C20H23N3O2. The number of aryl methyl sites for hydroxylation is 1. The maximum atomic E-state index is 12.4. The predicted octanol–water partition coefficient (Wildman–Crippen LogP) is 3.69. The number of aromatic nitrogens is 2. The third kappa shape index (κ3) is 3.65. The molecule has 2 heterocycles. The fourth-order valence-electron chi connectivity index (χ4n) is 3.47. The summed E-state index contributed by atoms with van der Waals surface area (Å²) in [6.07, 6.45) is 7.48. The molecule has 1 unspecified atom stereocenters. The lowest BCUT2D eigenvalue weighted by atomic mass is 9.94. The minimum absolute atomic E-state index is 0.185. The van der Waals surface area contributed by atoms with Gasteiger partial charge < -0.3 is 9.64 Å². The molecule has 5 nitrogen and oxygen atoms in total. The minimum atomic E-state index is 0.185. The molecule has 130 valence electrons. The molecule has 5 heteroatoms. The second kappa shape index (κ2) is 6.82. The quantitative estimate of drug-likeness (QED) is 0.854. The van der Waals surface area contributed by atoms with Crippen LogP contribution < -0.4 is 4.74 Å². The molecule has 25 heavy (non-hydrogen) atoms. The topological polar surface area (TPSA) is 55.3 Å². The van der Waals surface area contributed by atoms with Gasteiger partial charge in [-0.2, -0.15) is 0 Å². The Bertz CT molecular complexity index is 773. The second-order valence-corrected chi connectivity index (χ2v) is 7.06. The molecule has 0 bridgehead atoms. The molecule has 0 radical (unpaired) electrons. The van der Waals surface area contributed by atoms with Gasteiger partial charge in [0.2, 0.25) is 11.8 Å². The number of hydrogen-bond acceptors (Lipinski definition) is 4. The molecule has 1 atom stereocenters. The zero-order valence-electron chi connectivity index (χ0n) is 14.5. The van der Waals surface area contributed by atoms with Gasteiger partial charge in [-0.15, -0.1) is 0 Å². The van der Waals surface area contributed by atoms with Crippen molar-refractivity contribution >= 4 is 5.91 Å². The molecule has 1 aliphatic carbocycles. The second-order valence-electron chi connectivity index (χ2n) is 7.06.